The number of benzene rings is 3. The minimum absolute atomic E-state index is 0.303. The van der Waals surface area contributed by atoms with Gasteiger partial charge >= 0.3 is 0 Å². The Balaban J connectivity index is 1.98. The van der Waals surface area contributed by atoms with Gasteiger partial charge in [0, 0.05) is 16.5 Å². The fourth-order valence-corrected chi connectivity index (χ4v) is 3.87. The standard InChI is InChI=1S/C18H17FN2O2S/c1-12-9-17(15-7-2-3-8-16(15)18(12)20)21-24(22,23)11-13-5-4-6-14(19)10-13/h2-10,21H,11,20H2,1H3. The topological polar surface area (TPSA) is 72.2 Å². The fraction of sp³-hybridized carbons (Fsp3) is 0.111. The molecule has 0 atom stereocenters. The molecule has 24 heavy (non-hydrogen) atoms. The largest absolute Gasteiger partial charge is 0.398 e. The second kappa shape index (κ2) is 6.13. The molecule has 0 aliphatic carbocycles. The van der Waals surface area contributed by atoms with Crippen LogP contribution in [0, 0.1) is 12.7 Å². The van der Waals surface area contributed by atoms with Gasteiger partial charge in [0.1, 0.15) is 5.82 Å². The molecule has 0 aliphatic heterocycles. The Kier molecular flexibility index (Phi) is 4.15. The first kappa shape index (κ1) is 16.3. The number of hydrogen-bond acceptors (Lipinski definition) is 3. The lowest BCUT2D eigenvalue weighted by molar-refractivity contribution is 0.599. The van der Waals surface area contributed by atoms with Crippen LogP contribution in [-0.4, -0.2) is 8.42 Å². The van der Waals surface area contributed by atoms with Crippen LogP contribution >= 0.6 is 0 Å². The first-order valence-corrected chi connectivity index (χ1v) is 9.04. The number of nitrogens with two attached hydrogens (primary N) is 1. The van der Waals surface area contributed by atoms with Crippen molar-refractivity contribution in [3.63, 3.8) is 0 Å². The van der Waals surface area contributed by atoms with Gasteiger partial charge in [-0.3, -0.25) is 4.72 Å². The van der Waals surface area contributed by atoms with E-state index in [2.05, 4.69) is 4.72 Å². The van der Waals surface area contributed by atoms with Crippen LogP contribution in [0.1, 0.15) is 11.1 Å². The number of hydrogen-bond donors (Lipinski definition) is 2. The van der Waals surface area contributed by atoms with E-state index < -0.39 is 15.8 Å². The molecule has 3 rings (SSSR count). The maximum atomic E-state index is 13.2. The molecule has 4 nitrogen and oxygen atoms in total. The quantitative estimate of drug-likeness (QED) is 0.707. The highest BCUT2D eigenvalue weighted by Crippen LogP contribution is 2.32. The number of nitrogens with one attached hydrogen (secondary N) is 1. The molecule has 3 aromatic rings. The Morgan fingerprint density at radius 1 is 1.04 bits per heavy atom. The highest BCUT2D eigenvalue weighted by Gasteiger charge is 2.15. The molecule has 0 saturated heterocycles. The van der Waals surface area contributed by atoms with Gasteiger partial charge in [-0.25, -0.2) is 12.8 Å². The average molecular weight is 344 g/mol. The van der Waals surface area contributed by atoms with E-state index in [9.17, 15) is 12.8 Å². The van der Waals surface area contributed by atoms with E-state index in [1.54, 1.807) is 12.1 Å². The van der Waals surface area contributed by atoms with Crippen LogP contribution in [0.4, 0.5) is 15.8 Å². The average Bonchev–Trinajstić information content (AvgIpc) is 2.51. The lowest BCUT2D eigenvalue weighted by atomic mass is 10.0. The zero-order valence-corrected chi connectivity index (χ0v) is 13.9. The van der Waals surface area contributed by atoms with Crippen molar-refractivity contribution >= 4 is 32.2 Å². The molecule has 0 radical (unpaired) electrons. The maximum absolute atomic E-state index is 13.2. The summed E-state index contributed by atoms with van der Waals surface area (Å²) in [6, 6.07) is 14.6. The lowest BCUT2D eigenvalue weighted by Gasteiger charge is -2.14. The second-order valence-electron chi connectivity index (χ2n) is 5.69. The van der Waals surface area contributed by atoms with Crippen LogP contribution in [0.3, 0.4) is 0 Å². The van der Waals surface area contributed by atoms with Gasteiger partial charge in [-0.2, -0.15) is 0 Å². The molecule has 0 amide bonds. The van der Waals surface area contributed by atoms with Crippen molar-refractivity contribution in [2.75, 3.05) is 10.5 Å². The van der Waals surface area contributed by atoms with Crippen LogP contribution in [0.15, 0.2) is 54.6 Å². The summed E-state index contributed by atoms with van der Waals surface area (Å²) in [7, 11) is -3.68. The van der Waals surface area contributed by atoms with Crippen LogP contribution in [0.2, 0.25) is 0 Å². The molecule has 0 saturated carbocycles. The molecule has 6 heteroatoms. The van der Waals surface area contributed by atoms with Gasteiger partial charge in [0.15, 0.2) is 0 Å². The monoisotopic (exact) mass is 344 g/mol. The van der Waals surface area contributed by atoms with E-state index in [0.717, 1.165) is 16.3 Å². The fourth-order valence-electron chi connectivity index (χ4n) is 2.67. The maximum Gasteiger partial charge on any atom is 0.236 e. The molecular formula is C18H17FN2O2S. The van der Waals surface area contributed by atoms with E-state index in [4.69, 9.17) is 5.73 Å². The number of anilines is 2. The molecule has 124 valence electrons. The Bertz CT molecular complexity index is 1020. The Morgan fingerprint density at radius 3 is 2.46 bits per heavy atom. The molecule has 0 aromatic heterocycles. The number of nitrogen functional groups attached to an aromatic ring is 1. The van der Waals surface area contributed by atoms with Crippen molar-refractivity contribution in [3.05, 3.63) is 71.5 Å². The number of rotatable bonds is 4. The van der Waals surface area contributed by atoms with E-state index in [1.807, 2.05) is 31.2 Å². The number of halogens is 1. The van der Waals surface area contributed by atoms with Gasteiger partial charge in [-0.05, 0) is 36.2 Å². The highest BCUT2D eigenvalue weighted by atomic mass is 32.2. The minimum Gasteiger partial charge on any atom is -0.398 e. The van der Waals surface area contributed by atoms with Gasteiger partial charge in [0.05, 0.1) is 11.4 Å². The summed E-state index contributed by atoms with van der Waals surface area (Å²) >= 11 is 0. The molecule has 0 unspecified atom stereocenters. The number of sulfonamides is 1. The van der Waals surface area contributed by atoms with Crippen molar-refractivity contribution in [1.82, 2.24) is 0 Å². The molecule has 3 aromatic carbocycles. The lowest BCUT2D eigenvalue weighted by Crippen LogP contribution is -2.15. The molecule has 0 bridgehead atoms. The molecule has 0 heterocycles. The van der Waals surface area contributed by atoms with E-state index in [0.29, 0.717) is 16.9 Å². The Morgan fingerprint density at radius 2 is 1.75 bits per heavy atom. The summed E-state index contributed by atoms with van der Waals surface area (Å²) in [6.45, 7) is 1.83. The van der Waals surface area contributed by atoms with Crippen molar-refractivity contribution in [3.8, 4) is 0 Å². The second-order valence-corrected chi connectivity index (χ2v) is 7.41. The minimum atomic E-state index is -3.68. The van der Waals surface area contributed by atoms with E-state index in [-0.39, 0.29) is 5.75 Å². The summed E-state index contributed by atoms with van der Waals surface area (Å²) in [5.74, 6) is -0.765. The molecule has 0 fully saturated rings. The number of aryl methyl sites for hydroxylation is 1. The van der Waals surface area contributed by atoms with Crippen molar-refractivity contribution in [1.29, 1.82) is 0 Å². The third-order valence-electron chi connectivity index (χ3n) is 3.80. The summed E-state index contributed by atoms with van der Waals surface area (Å²) in [5.41, 5.74) is 8.34. The SMILES string of the molecule is Cc1cc(NS(=O)(=O)Cc2cccc(F)c2)c2ccccc2c1N. The first-order valence-electron chi connectivity index (χ1n) is 7.38. The van der Waals surface area contributed by atoms with Crippen molar-refractivity contribution in [2.24, 2.45) is 0 Å². The molecule has 0 spiro atoms. The third-order valence-corrected chi connectivity index (χ3v) is 5.05. The van der Waals surface area contributed by atoms with Crippen LogP contribution in [-0.2, 0) is 15.8 Å². The van der Waals surface area contributed by atoms with E-state index >= 15 is 0 Å². The van der Waals surface area contributed by atoms with Crippen LogP contribution in [0.25, 0.3) is 10.8 Å². The van der Waals surface area contributed by atoms with Gasteiger partial charge in [-0.15, -0.1) is 0 Å². The van der Waals surface area contributed by atoms with Gasteiger partial charge in [0.2, 0.25) is 10.0 Å². The third kappa shape index (κ3) is 3.33. The zero-order chi connectivity index (χ0) is 17.3. The predicted molar refractivity (Wildman–Crippen MR) is 95.7 cm³/mol. The molecule has 3 N–H and O–H groups in total. The summed E-state index contributed by atoms with van der Waals surface area (Å²) in [5, 5.41) is 1.52. The van der Waals surface area contributed by atoms with Gasteiger partial charge in [-0.1, -0.05) is 36.4 Å². The summed E-state index contributed by atoms with van der Waals surface area (Å²) in [6.07, 6.45) is 0. The smallest absolute Gasteiger partial charge is 0.236 e. The summed E-state index contributed by atoms with van der Waals surface area (Å²) in [4.78, 5) is 0. The first-order chi connectivity index (χ1) is 11.4. The Hall–Kier alpha value is -2.60. The summed E-state index contributed by atoms with van der Waals surface area (Å²) < 4.78 is 40.7. The van der Waals surface area contributed by atoms with Gasteiger partial charge in [0.25, 0.3) is 0 Å². The molecule has 0 aliphatic rings. The zero-order valence-electron chi connectivity index (χ0n) is 13.1. The molecular weight excluding hydrogens is 327 g/mol. The predicted octanol–water partition coefficient (Wildman–Crippen LogP) is 3.81. The van der Waals surface area contributed by atoms with Crippen molar-refractivity contribution in [2.45, 2.75) is 12.7 Å². The normalized spacial score (nSPS) is 11.6. The van der Waals surface area contributed by atoms with Crippen LogP contribution in [0.5, 0.6) is 0 Å². The van der Waals surface area contributed by atoms with Gasteiger partial charge < -0.3 is 5.73 Å². The Labute approximate surface area is 140 Å². The van der Waals surface area contributed by atoms with Crippen molar-refractivity contribution < 1.29 is 12.8 Å². The van der Waals surface area contributed by atoms with E-state index in [1.165, 1.54) is 18.2 Å². The van der Waals surface area contributed by atoms with Crippen LogP contribution < -0.4 is 10.5 Å². The highest BCUT2D eigenvalue weighted by molar-refractivity contribution is 7.91. The number of fused-ring (bicyclic) bond motifs is 1.